The van der Waals surface area contributed by atoms with E-state index in [1.54, 1.807) is 30.0 Å². The number of nitro benzene ring substituents is 1. The predicted molar refractivity (Wildman–Crippen MR) is 114 cm³/mol. The Kier molecular flexibility index (Phi) is 5.90. The number of nitrogens with zero attached hydrogens (tertiary/aromatic N) is 5. The average Bonchev–Trinajstić information content (AvgIpc) is 3.35. The molecule has 1 aliphatic rings. The Balaban J connectivity index is 1.58. The number of hydrogen-bond donors (Lipinski definition) is 1. The van der Waals surface area contributed by atoms with Gasteiger partial charge in [0.2, 0.25) is 0 Å². The second kappa shape index (κ2) is 8.94. The van der Waals surface area contributed by atoms with Gasteiger partial charge in [0.05, 0.1) is 18.1 Å². The summed E-state index contributed by atoms with van der Waals surface area (Å²) in [4.78, 5) is 42.2. The molecule has 0 atom stereocenters. The number of nitrogens with one attached hydrogen (secondary N) is 1. The van der Waals surface area contributed by atoms with E-state index in [2.05, 4.69) is 15.4 Å². The van der Waals surface area contributed by atoms with E-state index in [4.69, 9.17) is 4.74 Å². The minimum atomic E-state index is -0.583. The van der Waals surface area contributed by atoms with Crippen molar-refractivity contribution in [3.63, 3.8) is 0 Å². The summed E-state index contributed by atoms with van der Waals surface area (Å²) in [5.41, 5.74) is 1.57. The Bertz CT molecular complexity index is 1170. The molecule has 2 heterocycles. The second-order valence-electron chi connectivity index (χ2n) is 7.14. The van der Waals surface area contributed by atoms with Crippen LogP contribution >= 0.6 is 0 Å². The first-order valence-electron chi connectivity index (χ1n) is 9.87. The van der Waals surface area contributed by atoms with E-state index in [-0.39, 0.29) is 22.8 Å². The Morgan fingerprint density at radius 2 is 1.97 bits per heavy atom. The van der Waals surface area contributed by atoms with Gasteiger partial charge in [0.1, 0.15) is 18.3 Å². The fourth-order valence-corrected chi connectivity index (χ4v) is 3.47. The molecule has 11 nitrogen and oxygen atoms in total. The normalized spacial score (nSPS) is 13.6. The van der Waals surface area contributed by atoms with Crippen LogP contribution in [0.2, 0.25) is 0 Å². The molecule has 4 rings (SSSR count). The van der Waals surface area contributed by atoms with Crippen molar-refractivity contribution in [1.29, 1.82) is 0 Å². The van der Waals surface area contributed by atoms with Gasteiger partial charge in [-0.2, -0.15) is 5.10 Å². The van der Waals surface area contributed by atoms with Crippen LogP contribution < -0.4 is 5.32 Å². The predicted octanol–water partition coefficient (Wildman–Crippen LogP) is 2.21. The molecule has 0 bridgehead atoms. The molecule has 0 saturated carbocycles. The van der Waals surface area contributed by atoms with E-state index in [9.17, 15) is 19.7 Å². The molecular weight excluding hydrogens is 416 g/mol. The highest BCUT2D eigenvalue weighted by Crippen LogP contribution is 2.25. The molecule has 0 spiro atoms. The fraction of sp³-hybridized carbons (Fsp3) is 0.238. The number of morpholine rings is 1. The summed E-state index contributed by atoms with van der Waals surface area (Å²) in [6, 6.07) is 9.17. The lowest BCUT2D eigenvalue weighted by Crippen LogP contribution is -2.41. The molecule has 2 amide bonds. The van der Waals surface area contributed by atoms with E-state index in [1.807, 2.05) is 0 Å². The summed E-state index contributed by atoms with van der Waals surface area (Å²) in [5, 5.41) is 18.2. The molecule has 1 N–H and O–H groups in total. The van der Waals surface area contributed by atoms with Crippen LogP contribution in [0.1, 0.15) is 26.3 Å². The van der Waals surface area contributed by atoms with Crippen molar-refractivity contribution in [1.82, 2.24) is 19.7 Å². The lowest BCUT2D eigenvalue weighted by atomic mass is 10.0. The number of rotatable bonds is 5. The third kappa shape index (κ3) is 4.18. The molecule has 1 aliphatic heterocycles. The maximum atomic E-state index is 12.9. The van der Waals surface area contributed by atoms with Crippen LogP contribution in [-0.2, 0) is 4.74 Å². The smallest absolute Gasteiger partial charge is 0.295 e. The lowest BCUT2D eigenvalue weighted by Gasteiger charge is -2.27. The van der Waals surface area contributed by atoms with Crippen LogP contribution in [0.4, 0.5) is 11.4 Å². The van der Waals surface area contributed by atoms with E-state index >= 15 is 0 Å². The van der Waals surface area contributed by atoms with Crippen molar-refractivity contribution in [3.05, 3.63) is 75.9 Å². The standard InChI is InChI=1S/C21H20N6O5/c1-14-16(21(29)25-7-9-32-10-8-25)3-2-4-17(14)24-20(28)15-5-6-18(19(11-15)27(30)31)26-13-22-12-23-26/h2-6,11-13H,7-10H2,1H3,(H,24,28). The van der Waals surface area contributed by atoms with Crippen molar-refractivity contribution in [2.45, 2.75) is 6.92 Å². The van der Waals surface area contributed by atoms with Crippen LogP contribution in [0.5, 0.6) is 0 Å². The molecule has 1 fully saturated rings. The van der Waals surface area contributed by atoms with Gasteiger partial charge in [0.25, 0.3) is 17.5 Å². The molecule has 1 aromatic heterocycles. The molecule has 32 heavy (non-hydrogen) atoms. The maximum Gasteiger partial charge on any atom is 0.295 e. The van der Waals surface area contributed by atoms with Crippen molar-refractivity contribution in [3.8, 4) is 5.69 Å². The first-order chi connectivity index (χ1) is 15.5. The summed E-state index contributed by atoms with van der Waals surface area (Å²) < 4.78 is 6.55. The first-order valence-corrected chi connectivity index (χ1v) is 9.87. The summed E-state index contributed by atoms with van der Waals surface area (Å²) in [6.07, 6.45) is 2.60. The highest BCUT2D eigenvalue weighted by molar-refractivity contribution is 6.06. The fourth-order valence-electron chi connectivity index (χ4n) is 3.47. The van der Waals surface area contributed by atoms with E-state index in [0.717, 1.165) is 0 Å². The number of nitro groups is 1. The number of benzene rings is 2. The molecule has 11 heteroatoms. The Hall–Kier alpha value is -4.12. The van der Waals surface area contributed by atoms with Crippen molar-refractivity contribution >= 4 is 23.2 Å². The number of amides is 2. The topological polar surface area (TPSA) is 132 Å². The van der Waals surface area contributed by atoms with Gasteiger partial charge in [0, 0.05) is 36.0 Å². The highest BCUT2D eigenvalue weighted by Gasteiger charge is 2.23. The molecular formula is C21H20N6O5. The number of aromatic nitrogens is 3. The zero-order chi connectivity index (χ0) is 22.7. The maximum absolute atomic E-state index is 12.9. The van der Waals surface area contributed by atoms with Gasteiger partial charge in [-0.1, -0.05) is 6.07 Å². The van der Waals surface area contributed by atoms with Crippen molar-refractivity contribution < 1.29 is 19.2 Å². The van der Waals surface area contributed by atoms with Crippen LogP contribution in [-0.4, -0.2) is 62.7 Å². The Labute approximate surface area is 182 Å². The van der Waals surface area contributed by atoms with Gasteiger partial charge >= 0.3 is 0 Å². The zero-order valence-corrected chi connectivity index (χ0v) is 17.2. The molecule has 0 unspecified atom stereocenters. The van der Waals surface area contributed by atoms with E-state index in [1.165, 1.54) is 35.5 Å². The summed E-state index contributed by atoms with van der Waals surface area (Å²) >= 11 is 0. The van der Waals surface area contributed by atoms with Gasteiger partial charge in [-0.25, -0.2) is 9.67 Å². The van der Waals surface area contributed by atoms with Gasteiger partial charge in [-0.15, -0.1) is 0 Å². The number of carbonyl (C=O) groups excluding carboxylic acids is 2. The SMILES string of the molecule is Cc1c(NC(=O)c2ccc(-n3cncn3)c([N+](=O)[O-])c2)cccc1C(=O)N1CCOCC1. The highest BCUT2D eigenvalue weighted by atomic mass is 16.6. The van der Waals surface area contributed by atoms with Crippen LogP contribution in [0, 0.1) is 17.0 Å². The first kappa shape index (κ1) is 21.1. The molecule has 1 saturated heterocycles. The van der Waals surface area contributed by atoms with Crippen LogP contribution in [0.15, 0.2) is 49.1 Å². The zero-order valence-electron chi connectivity index (χ0n) is 17.2. The molecule has 2 aromatic carbocycles. The molecule has 164 valence electrons. The van der Waals surface area contributed by atoms with Gasteiger partial charge in [-0.05, 0) is 36.8 Å². The van der Waals surface area contributed by atoms with Gasteiger partial charge < -0.3 is 15.0 Å². The summed E-state index contributed by atoms with van der Waals surface area (Å²) in [7, 11) is 0. The average molecular weight is 436 g/mol. The number of ether oxygens (including phenoxy) is 1. The molecule has 0 radical (unpaired) electrons. The van der Waals surface area contributed by atoms with Gasteiger partial charge in [0.15, 0.2) is 0 Å². The third-order valence-corrected chi connectivity index (χ3v) is 5.21. The quantitative estimate of drug-likeness (QED) is 0.479. The van der Waals surface area contributed by atoms with E-state index in [0.29, 0.717) is 43.1 Å². The van der Waals surface area contributed by atoms with Crippen LogP contribution in [0.25, 0.3) is 5.69 Å². The second-order valence-corrected chi connectivity index (χ2v) is 7.14. The monoisotopic (exact) mass is 436 g/mol. The minimum Gasteiger partial charge on any atom is -0.378 e. The lowest BCUT2D eigenvalue weighted by molar-refractivity contribution is -0.384. The number of hydrogen-bond acceptors (Lipinski definition) is 7. The van der Waals surface area contributed by atoms with Crippen molar-refractivity contribution in [2.24, 2.45) is 0 Å². The minimum absolute atomic E-state index is 0.102. The number of anilines is 1. The Morgan fingerprint density at radius 1 is 1.19 bits per heavy atom. The Morgan fingerprint density at radius 3 is 2.66 bits per heavy atom. The number of carbonyl (C=O) groups is 2. The summed E-state index contributed by atoms with van der Waals surface area (Å²) in [6.45, 7) is 3.75. The van der Waals surface area contributed by atoms with Crippen molar-refractivity contribution in [2.75, 3.05) is 31.6 Å². The molecule has 3 aromatic rings. The summed E-state index contributed by atoms with van der Waals surface area (Å²) in [5.74, 6) is -0.660. The van der Waals surface area contributed by atoms with E-state index < -0.39 is 10.8 Å². The third-order valence-electron chi connectivity index (χ3n) is 5.21. The molecule has 0 aliphatic carbocycles. The van der Waals surface area contributed by atoms with Gasteiger partial charge in [-0.3, -0.25) is 19.7 Å². The largest absolute Gasteiger partial charge is 0.378 e. The van der Waals surface area contributed by atoms with Crippen LogP contribution in [0.3, 0.4) is 0 Å².